The van der Waals surface area contributed by atoms with Gasteiger partial charge in [-0.15, -0.1) is 0 Å². The van der Waals surface area contributed by atoms with Gasteiger partial charge in [-0.3, -0.25) is 0 Å². The first-order valence-corrected chi connectivity index (χ1v) is 8.18. The molecular formula is C16H22BrNO. The summed E-state index contributed by atoms with van der Waals surface area (Å²) in [5.41, 5.74) is 6.59. The van der Waals surface area contributed by atoms with E-state index in [-0.39, 0.29) is 5.41 Å². The Labute approximate surface area is 123 Å². The smallest absolute Gasteiger partial charge is 0.119 e. The Hall–Kier alpha value is -0.540. The van der Waals surface area contributed by atoms with Crippen molar-refractivity contribution in [2.75, 3.05) is 0 Å². The van der Waals surface area contributed by atoms with E-state index in [1.54, 1.807) is 0 Å². The average Bonchev–Trinajstić information content (AvgIpc) is 2.68. The molecule has 1 aromatic carbocycles. The fraction of sp³-hybridized carbons (Fsp3) is 0.625. The third kappa shape index (κ3) is 2.55. The highest BCUT2D eigenvalue weighted by Crippen LogP contribution is 2.51. The molecule has 2 aliphatic rings. The van der Waals surface area contributed by atoms with Crippen LogP contribution in [0.1, 0.15) is 44.9 Å². The van der Waals surface area contributed by atoms with Gasteiger partial charge in [0.15, 0.2) is 0 Å². The molecule has 2 aliphatic carbocycles. The Morgan fingerprint density at radius 3 is 2.26 bits per heavy atom. The zero-order chi connectivity index (χ0) is 13.3. The second kappa shape index (κ2) is 5.45. The van der Waals surface area contributed by atoms with Gasteiger partial charge in [-0.2, -0.15) is 0 Å². The molecule has 2 saturated carbocycles. The topological polar surface area (TPSA) is 35.2 Å². The standard InChI is InChI=1S/C16H22BrNO/c17-12-5-7-13(8-6-12)19-15-11-14(18)16(15)9-3-1-2-4-10-16/h5-8,14-15H,1-4,9-11,18H2. The number of benzene rings is 1. The maximum absolute atomic E-state index is 6.34. The summed E-state index contributed by atoms with van der Waals surface area (Å²) in [6.07, 6.45) is 9.17. The van der Waals surface area contributed by atoms with Crippen molar-refractivity contribution in [3.63, 3.8) is 0 Å². The van der Waals surface area contributed by atoms with E-state index in [2.05, 4.69) is 15.9 Å². The summed E-state index contributed by atoms with van der Waals surface area (Å²) in [6.45, 7) is 0. The first kappa shape index (κ1) is 13.4. The molecule has 2 N–H and O–H groups in total. The van der Waals surface area contributed by atoms with E-state index in [0.29, 0.717) is 12.1 Å². The van der Waals surface area contributed by atoms with Gasteiger partial charge in [0, 0.05) is 22.4 Å². The number of hydrogen-bond donors (Lipinski definition) is 1. The second-order valence-electron chi connectivity index (χ2n) is 6.05. The summed E-state index contributed by atoms with van der Waals surface area (Å²) in [7, 11) is 0. The van der Waals surface area contributed by atoms with Crippen LogP contribution in [0.2, 0.25) is 0 Å². The average molecular weight is 324 g/mol. The lowest BCUT2D eigenvalue weighted by Gasteiger charge is -2.54. The van der Waals surface area contributed by atoms with Crippen LogP contribution in [0, 0.1) is 5.41 Å². The molecule has 0 amide bonds. The van der Waals surface area contributed by atoms with Crippen molar-refractivity contribution in [1.29, 1.82) is 0 Å². The second-order valence-corrected chi connectivity index (χ2v) is 6.97. The lowest BCUT2D eigenvalue weighted by atomic mass is 9.58. The summed E-state index contributed by atoms with van der Waals surface area (Å²) in [5, 5.41) is 0. The Morgan fingerprint density at radius 2 is 1.68 bits per heavy atom. The van der Waals surface area contributed by atoms with Crippen LogP contribution in [0.5, 0.6) is 5.75 Å². The van der Waals surface area contributed by atoms with E-state index in [9.17, 15) is 0 Å². The Kier molecular flexibility index (Phi) is 3.86. The molecule has 2 atom stereocenters. The zero-order valence-corrected chi connectivity index (χ0v) is 12.9. The molecule has 0 aromatic heterocycles. The van der Waals surface area contributed by atoms with Crippen LogP contribution in [0.4, 0.5) is 0 Å². The van der Waals surface area contributed by atoms with Crippen LogP contribution in [-0.2, 0) is 0 Å². The van der Waals surface area contributed by atoms with Crippen LogP contribution >= 0.6 is 15.9 Å². The van der Waals surface area contributed by atoms with Crippen molar-refractivity contribution in [1.82, 2.24) is 0 Å². The van der Waals surface area contributed by atoms with E-state index >= 15 is 0 Å². The van der Waals surface area contributed by atoms with Gasteiger partial charge in [-0.1, -0.05) is 41.6 Å². The number of nitrogens with two attached hydrogens (primary N) is 1. The molecule has 0 radical (unpaired) electrons. The fourth-order valence-electron chi connectivity index (χ4n) is 3.70. The van der Waals surface area contributed by atoms with Crippen LogP contribution in [0.25, 0.3) is 0 Å². The quantitative estimate of drug-likeness (QED) is 0.882. The first-order chi connectivity index (χ1) is 9.21. The predicted octanol–water partition coefficient (Wildman–Crippen LogP) is 4.27. The molecule has 1 aromatic rings. The summed E-state index contributed by atoms with van der Waals surface area (Å²) < 4.78 is 7.32. The molecule has 1 spiro atoms. The van der Waals surface area contributed by atoms with Gasteiger partial charge < -0.3 is 10.5 Å². The predicted molar refractivity (Wildman–Crippen MR) is 81.3 cm³/mol. The van der Waals surface area contributed by atoms with Crippen LogP contribution in [-0.4, -0.2) is 12.1 Å². The number of hydrogen-bond acceptors (Lipinski definition) is 2. The van der Waals surface area contributed by atoms with Gasteiger partial charge in [0.2, 0.25) is 0 Å². The van der Waals surface area contributed by atoms with Crippen molar-refractivity contribution in [3.8, 4) is 5.75 Å². The van der Waals surface area contributed by atoms with Crippen molar-refractivity contribution < 1.29 is 4.74 Å². The summed E-state index contributed by atoms with van der Waals surface area (Å²) in [6, 6.07) is 8.49. The molecule has 104 valence electrons. The molecule has 3 rings (SSSR count). The number of halogens is 1. The molecule has 0 saturated heterocycles. The highest BCUT2D eigenvalue weighted by atomic mass is 79.9. The van der Waals surface area contributed by atoms with Gasteiger partial charge in [0.25, 0.3) is 0 Å². The molecule has 0 heterocycles. The van der Waals surface area contributed by atoms with E-state index in [1.807, 2.05) is 24.3 Å². The van der Waals surface area contributed by atoms with Crippen molar-refractivity contribution in [3.05, 3.63) is 28.7 Å². The maximum Gasteiger partial charge on any atom is 0.119 e. The molecule has 3 heteroatoms. The lowest BCUT2D eigenvalue weighted by molar-refractivity contribution is -0.0770. The minimum absolute atomic E-state index is 0.254. The van der Waals surface area contributed by atoms with Gasteiger partial charge in [0.05, 0.1) is 0 Å². The van der Waals surface area contributed by atoms with Gasteiger partial charge in [-0.25, -0.2) is 0 Å². The number of rotatable bonds is 2. The van der Waals surface area contributed by atoms with Crippen LogP contribution in [0.3, 0.4) is 0 Å². The SMILES string of the molecule is NC1CC(Oc2ccc(Br)cc2)C12CCCCCC2. The zero-order valence-electron chi connectivity index (χ0n) is 11.3. The molecule has 2 fully saturated rings. The molecule has 0 bridgehead atoms. The van der Waals surface area contributed by atoms with E-state index in [0.717, 1.165) is 16.6 Å². The molecule has 19 heavy (non-hydrogen) atoms. The van der Waals surface area contributed by atoms with Gasteiger partial charge >= 0.3 is 0 Å². The van der Waals surface area contributed by atoms with Crippen molar-refractivity contribution in [2.24, 2.45) is 11.1 Å². The maximum atomic E-state index is 6.34. The molecule has 2 nitrogen and oxygen atoms in total. The largest absolute Gasteiger partial charge is 0.490 e. The van der Waals surface area contributed by atoms with E-state index in [1.165, 1.54) is 38.5 Å². The van der Waals surface area contributed by atoms with Crippen LogP contribution in [0.15, 0.2) is 28.7 Å². The minimum atomic E-state index is 0.254. The van der Waals surface area contributed by atoms with Crippen molar-refractivity contribution >= 4 is 15.9 Å². The highest BCUT2D eigenvalue weighted by Gasteiger charge is 2.54. The summed E-state index contributed by atoms with van der Waals surface area (Å²) in [4.78, 5) is 0. The van der Waals surface area contributed by atoms with E-state index < -0.39 is 0 Å². The monoisotopic (exact) mass is 323 g/mol. The minimum Gasteiger partial charge on any atom is -0.490 e. The van der Waals surface area contributed by atoms with Gasteiger partial charge in [-0.05, 0) is 37.1 Å². The number of ether oxygens (including phenoxy) is 1. The Bertz CT molecular complexity index is 423. The Balaban J connectivity index is 1.72. The van der Waals surface area contributed by atoms with E-state index in [4.69, 9.17) is 10.5 Å². The van der Waals surface area contributed by atoms with Crippen molar-refractivity contribution in [2.45, 2.75) is 57.1 Å². The molecule has 2 unspecified atom stereocenters. The highest BCUT2D eigenvalue weighted by molar-refractivity contribution is 9.10. The normalized spacial score (nSPS) is 29.6. The molecular weight excluding hydrogens is 302 g/mol. The first-order valence-electron chi connectivity index (χ1n) is 7.38. The van der Waals surface area contributed by atoms with Crippen LogP contribution < -0.4 is 10.5 Å². The van der Waals surface area contributed by atoms with Gasteiger partial charge in [0.1, 0.15) is 11.9 Å². The lowest BCUT2D eigenvalue weighted by Crippen LogP contribution is -2.63. The third-order valence-corrected chi connectivity index (χ3v) is 5.50. The summed E-state index contributed by atoms with van der Waals surface area (Å²) >= 11 is 3.46. The fourth-order valence-corrected chi connectivity index (χ4v) is 3.97. The molecule has 0 aliphatic heterocycles. The third-order valence-electron chi connectivity index (χ3n) is 4.97. The summed E-state index contributed by atoms with van der Waals surface area (Å²) in [5.74, 6) is 0.976. The Morgan fingerprint density at radius 1 is 1.05 bits per heavy atom.